The third kappa shape index (κ3) is 13.4. The maximum atomic E-state index is 11.6. The maximum absolute atomic E-state index is 11.6. The molecule has 1 aliphatic carbocycles. The summed E-state index contributed by atoms with van der Waals surface area (Å²) < 4.78 is 5.60. The molecule has 1 fully saturated rings. The highest BCUT2D eigenvalue weighted by atomic mass is 16.5. The van der Waals surface area contributed by atoms with E-state index in [1.807, 2.05) is 18.2 Å². The van der Waals surface area contributed by atoms with E-state index >= 15 is 0 Å². The van der Waals surface area contributed by atoms with Gasteiger partial charge < -0.3 is 14.9 Å². The van der Waals surface area contributed by atoms with Crippen molar-refractivity contribution in [2.75, 3.05) is 0 Å². The lowest BCUT2D eigenvalue weighted by atomic mass is 9.75. The summed E-state index contributed by atoms with van der Waals surface area (Å²) in [5, 5.41) is 19.1. The van der Waals surface area contributed by atoms with Crippen molar-refractivity contribution in [1.29, 1.82) is 0 Å². The number of rotatable bonds is 16. The number of carboxylic acids is 1. The highest BCUT2D eigenvalue weighted by Crippen LogP contribution is 2.36. The number of carbonyl (C=O) groups is 2. The van der Waals surface area contributed by atoms with Gasteiger partial charge >= 0.3 is 11.9 Å². The summed E-state index contributed by atoms with van der Waals surface area (Å²) in [4.78, 5) is 22.5. The number of hydrogen-bond donors (Lipinski definition) is 2. The van der Waals surface area contributed by atoms with Gasteiger partial charge in [0.15, 0.2) is 0 Å². The third-order valence-corrected chi connectivity index (χ3v) is 6.21. The lowest BCUT2D eigenvalue weighted by Crippen LogP contribution is -2.33. The maximum Gasteiger partial charge on any atom is 0.303 e. The molecule has 0 saturated heterocycles. The topological polar surface area (TPSA) is 83.8 Å². The highest BCUT2D eigenvalue weighted by molar-refractivity contribution is 5.67. The zero-order chi connectivity index (χ0) is 22.9. The lowest BCUT2D eigenvalue weighted by molar-refractivity contribution is -0.151. The van der Waals surface area contributed by atoms with Gasteiger partial charge in [0.25, 0.3) is 0 Å². The van der Waals surface area contributed by atoms with Crippen LogP contribution in [-0.2, 0) is 14.3 Å². The van der Waals surface area contributed by atoms with E-state index in [1.54, 1.807) is 0 Å². The molecule has 0 aromatic heterocycles. The summed E-state index contributed by atoms with van der Waals surface area (Å²) in [6.45, 7) is 3.64. The smallest absolute Gasteiger partial charge is 0.303 e. The van der Waals surface area contributed by atoms with Crippen LogP contribution in [0.3, 0.4) is 0 Å². The van der Waals surface area contributed by atoms with Crippen molar-refractivity contribution in [3.05, 3.63) is 24.3 Å². The van der Waals surface area contributed by atoms with Crippen molar-refractivity contribution < 1.29 is 24.5 Å². The van der Waals surface area contributed by atoms with Crippen molar-refractivity contribution in [3.63, 3.8) is 0 Å². The fourth-order valence-corrected chi connectivity index (χ4v) is 4.55. The Morgan fingerprint density at radius 3 is 2.42 bits per heavy atom. The van der Waals surface area contributed by atoms with Crippen LogP contribution in [0.2, 0.25) is 0 Å². The molecule has 4 unspecified atom stereocenters. The van der Waals surface area contributed by atoms with E-state index < -0.39 is 12.1 Å². The number of carboxylic acid groups (broad SMARTS) is 1. The summed E-state index contributed by atoms with van der Waals surface area (Å²) in [5.74, 6) is -0.579. The Balaban J connectivity index is 2.52. The van der Waals surface area contributed by atoms with Crippen LogP contribution in [-0.4, -0.2) is 34.4 Å². The quantitative estimate of drug-likeness (QED) is 0.171. The molecule has 0 heterocycles. The third-order valence-electron chi connectivity index (χ3n) is 6.21. The molecule has 178 valence electrons. The summed E-state index contributed by atoms with van der Waals surface area (Å²) >= 11 is 0. The summed E-state index contributed by atoms with van der Waals surface area (Å²) in [5.41, 5.74) is 0. The zero-order valence-corrected chi connectivity index (χ0v) is 19.6. The fourth-order valence-electron chi connectivity index (χ4n) is 4.55. The molecule has 5 nitrogen and oxygen atoms in total. The average Bonchev–Trinajstić information content (AvgIpc) is 2.73. The molecule has 0 aromatic carbocycles. The molecular formula is C26H44O5. The van der Waals surface area contributed by atoms with Crippen molar-refractivity contribution in [2.45, 2.75) is 116 Å². The van der Waals surface area contributed by atoms with Gasteiger partial charge in [0.05, 0.1) is 6.10 Å². The van der Waals surface area contributed by atoms with Crippen molar-refractivity contribution in [1.82, 2.24) is 0 Å². The minimum atomic E-state index is -0.814. The normalized spacial score (nSPS) is 21.4. The van der Waals surface area contributed by atoms with Gasteiger partial charge in [0, 0.05) is 19.3 Å². The first kappa shape index (κ1) is 27.4. The number of esters is 1. The molecule has 2 N–H and O–H groups in total. The Morgan fingerprint density at radius 1 is 1.00 bits per heavy atom. The highest BCUT2D eigenvalue weighted by Gasteiger charge is 2.32. The number of aliphatic carboxylic acids is 1. The van der Waals surface area contributed by atoms with Crippen LogP contribution in [0.15, 0.2) is 24.3 Å². The van der Waals surface area contributed by atoms with Crippen LogP contribution in [0.25, 0.3) is 0 Å². The standard InChI is InChI=1S/C26H44O5/c1-3-4-5-6-7-8-16-23(28)17-11-9-14-22-15-10-12-18-24(22)25(31-21(2)27)19-13-20-26(29)30/h9,11,14,17,22-25,28H,3-8,10,12-13,15-16,18-20H2,1-2H3,(H,29,30). The summed E-state index contributed by atoms with van der Waals surface area (Å²) in [7, 11) is 0. The molecule has 0 aliphatic heterocycles. The van der Waals surface area contributed by atoms with Gasteiger partial charge in [0.1, 0.15) is 6.10 Å². The molecule has 0 bridgehead atoms. The number of carbonyl (C=O) groups excluding carboxylic acids is 1. The van der Waals surface area contributed by atoms with E-state index in [1.165, 1.54) is 39.0 Å². The van der Waals surface area contributed by atoms with Gasteiger partial charge in [-0.2, -0.15) is 0 Å². The van der Waals surface area contributed by atoms with Gasteiger partial charge in [-0.3, -0.25) is 9.59 Å². The molecule has 31 heavy (non-hydrogen) atoms. The van der Waals surface area contributed by atoms with E-state index in [9.17, 15) is 14.7 Å². The van der Waals surface area contributed by atoms with Gasteiger partial charge in [-0.15, -0.1) is 0 Å². The number of aliphatic hydroxyl groups is 1. The van der Waals surface area contributed by atoms with E-state index in [0.29, 0.717) is 18.8 Å². The first-order chi connectivity index (χ1) is 14.9. The number of ether oxygens (including phenoxy) is 1. The molecular weight excluding hydrogens is 392 g/mol. The predicted molar refractivity (Wildman–Crippen MR) is 125 cm³/mol. The number of aliphatic hydroxyl groups excluding tert-OH is 1. The Labute approximate surface area is 189 Å². The molecule has 0 amide bonds. The Bertz CT molecular complexity index is 554. The summed E-state index contributed by atoms with van der Waals surface area (Å²) in [6.07, 6.45) is 21.0. The first-order valence-corrected chi connectivity index (χ1v) is 12.4. The largest absolute Gasteiger partial charge is 0.481 e. The Hall–Kier alpha value is -1.62. The molecule has 1 saturated carbocycles. The molecule has 1 rings (SSSR count). The van der Waals surface area contributed by atoms with Crippen LogP contribution in [0.4, 0.5) is 0 Å². The van der Waals surface area contributed by atoms with E-state index in [2.05, 4.69) is 13.0 Å². The minimum absolute atomic E-state index is 0.101. The van der Waals surface area contributed by atoms with Crippen LogP contribution in [0.1, 0.15) is 104 Å². The second-order valence-corrected chi connectivity index (χ2v) is 8.94. The number of unbranched alkanes of at least 4 members (excludes halogenated alkanes) is 5. The average molecular weight is 437 g/mol. The van der Waals surface area contributed by atoms with Gasteiger partial charge in [-0.1, -0.05) is 82.6 Å². The Morgan fingerprint density at radius 2 is 1.71 bits per heavy atom. The number of hydrogen-bond acceptors (Lipinski definition) is 4. The minimum Gasteiger partial charge on any atom is -0.481 e. The zero-order valence-electron chi connectivity index (χ0n) is 19.6. The molecule has 0 aromatic rings. The second-order valence-electron chi connectivity index (χ2n) is 8.94. The summed E-state index contributed by atoms with van der Waals surface area (Å²) in [6, 6.07) is 0. The molecule has 4 atom stereocenters. The van der Waals surface area contributed by atoms with Crippen LogP contribution in [0, 0.1) is 11.8 Å². The van der Waals surface area contributed by atoms with E-state index in [0.717, 1.165) is 38.5 Å². The van der Waals surface area contributed by atoms with Crippen molar-refractivity contribution in [3.8, 4) is 0 Å². The van der Waals surface area contributed by atoms with Gasteiger partial charge in [-0.25, -0.2) is 0 Å². The van der Waals surface area contributed by atoms with E-state index in [-0.39, 0.29) is 24.4 Å². The molecule has 0 spiro atoms. The van der Waals surface area contributed by atoms with E-state index in [4.69, 9.17) is 9.84 Å². The van der Waals surface area contributed by atoms with Gasteiger partial charge in [-0.05, 0) is 38.0 Å². The first-order valence-electron chi connectivity index (χ1n) is 12.4. The fraction of sp³-hybridized carbons (Fsp3) is 0.769. The monoisotopic (exact) mass is 436 g/mol. The van der Waals surface area contributed by atoms with Crippen molar-refractivity contribution in [2.24, 2.45) is 11.8 Å². The predicted octanol–water partition coefficient (Wildman–Crippen LogP) is 6.20. The second kappa shape index (κ2) is 17.0. The Kier molecular flexibility index (Phi) is 15.0. The van der Waals surface area contributed by atoms with Crippen LogP contribution in [0.5, 0.6) is 0 Å². The van der Waals surface area contributed by atoms with Crippen molar-refractivity contribution >= 4 is 11.9 Å². The molecule has 5 heteroatoms. The SMILES string of the molecule is CCCCCCCCC(O)C=CC=CC1CCCCC1C(CCCC(=O)O)OC(C)=O. The molecule has 1 aliphatic rings. The molecule has 0 radical (unpaired) electrons. The lowest BCUT2D eigenvalue weighted by Gasteiger charge is -2.35. The number of allylic oxidation sites excluding steroid dienone is 3. The van der Waals surface area contributed by atoms with Gasteiger partial charge in [0.2, 0.25) is 0 Å². The van der Waals surface area contributed by atoms with Crippen LogP contribution < -0.4 is 0 Å². The van der Waals surface area contributed by atoms with Crippen LogP contribution >= 0.6 is 0 Å².